The Balaban J connectivity index is 2.13. The molecule has 0 fully saturated rings. The van der Waals surface area contributed by atoms with Gasteiger partial charge in [0.1, 0.15) is 10.6 Å². The number of nitrogens with zero attached hydrogens (tertiary/aromatic N) is 2. The van der Waals surface area contributed by atoms with E-state index in [1.807, 2.05) is 0 Å². The molecule has 3 aromatic carbocycles. The number of benzene rings is 3. The number of fused-ring (bicyclic) bond motifs is 1. The number of hydrogen-bond acceptors (Lipinski definition) is 8. The van der Waals surface area contributed by atoms with E-state index < -0.39 is 35.1 Å². The van der Waals surface area contributed by atoms with E-state index in [-0.39, 0.29) is 22.2 Å². The van der Waals surface area contributed by atoms with Gasteiger partial charge in [-0.25, -0.2) is 0 Å². The highest BCUT2D eigenvalue weighted by atomic mass is 32.2. The molecule has 0 spiro atoms. The fourth-order valence-corrected chi connectivity index (χ4v) is 4.02. The minimum absolute atomic E-state index is 0.00582. The van der Waals surface area contributed by atoms with Crippen LogP contribution in [0.2, 0.25) is 0 Å². The van der Waals surface area contributed by atoms with Gasteiger partial charge in [-0.1, -0.05) is 24.3 Å². The van der Waals surface area contributed by atoms with Gasteiger partial charge >= 0.3 is 0 Å². The molecule has 30 heavy (non-hydrogen) atoms. The lowest BCUT2D eigenvalue weighted by Gasteiger charge is -2.09. The zero-order valence-corrected chi connectivity index (χ0v) is 16.4. The zero-order valence-electron chi connectivity index (χ0n) is 14.7. The Labute approximate surface area is 169 Å². The van der Waals surface area contributed by atoms with Crippen LogP contribution in [0.25, 0.3) is 10.8 Å². The van der Waals surface area contributed by atoms with Crippen molar-refractivity contribution in [3.05, 3.63) is 70.3 Å². The Hall–Kier alpha value is -3.39. The van der Waals surface area contributed by atoms with Crippen LogP contribution >= 0.6 is 0 Å². The van der Waals surface area contributed by atoms with Crippen molar-refractivity contribution in [2.75, 3.05) is 0 Å². The van der Waals surface area contributed by atoms with Crippen LogP contribution in [0.5, 0.6) is 5.75 Å². The second-order valence-electron chi connectivity index (χ2n) is 5.89. The van der Waals surface area contributed by atoms with Gasteiger partial charge in [0.05, 0.1) is 10.6 Å². The highest BCUT2D eigenvalue weighted by molar-refractivity contribution is 7.86. The van der Waals surface area contributed by atoms with E-state index in [0.717, 1.165) is 6.07 Å². The quantitative estimate of drug-likeness (QED) is 0.246. The van der Waals surface area contributed by atoms with Crippen LogP contribution in [0.1, 0.15) is 5.56 Å². The molecule has 13 heteroatoms. The molecule has 0 saturated carbocycles. The molecule has 0 unspecified atom stereocenters. The summed E-state index contributed by atoms with van der Waals surface area (Å²) in [6.07, 6.45) is 1.33. The van der Waals surface area contributed by atoms with Crippen molar-refractivity contribution in [1.82, 2.24) is 0 Å². The zero-order chi connectivity index (χ0) is 22.1. The normalized spacial score (nSPS) is 12.3. The summed E-state index contributed by atoms with van der Waals surface area (Å²) in [6.45, 7) is 0. The lowest BCUT2D eigenvalue weighted by atomic mass is 10.1. The monoisotopic (exact) mass is 452 g/mol. The molecule has 0 radical (unpaired) electrons. The molecule has 0 amide bonds. The average Bonchev–Trinajstić information content (AvgIpc) is 2.64. The van der Waals surface area contributed by atoms with E-state index in [1.54, 1.807) is 0 Å². The minimum Gasteiger partial charge on any atom is -0.282 e. The second-order valence-corrected chi connectivity index (χ2v) is 8.70. The van der Waals surface area contributed by atoms with Crippen LogP contribution < -0.4 is 4.84 Å². The van der Waals surface area contributed by atoms with Gasteiger partial charge in [0.15, 0.2) is 0 Å². The van der Waals surface area contributed by atoms with Crippen molar-refractivity contribution in [3.8, 4) is 5.75 Å². The molecule has 0 bridgehead atoms. The van der Waals surface area contributed by atoms with Crippen molar-refractivity contribution >= 4 is 42.9 Å². The molecule has 0 aliphatic heterocycles. The molecular weight excluding hydrogens is 440 g/mol. The van der Waals surface area contributed by atoms with Gasteiger partial charge in [-0.3, -0.25) is 18.9 Å². The average molecular weight is 452 g/mol. The van der Waals surface area contributed by atoms with Gasteiger partial charge in [-0.2, -0.15) is 16.8 Å². The standard InChI is InChI=1S/C17H12N2O9S2/c20-19(21)28-13-6-4-11(5-7-13)10-18-15-3-1-2-12-8-14(29(22,23)24)9-16(17(12)15)30(25,26)27/h1-10H,(H,22,23,24)(H,25,26,27). The van der Waals surface area contributed by atoms with E-state index in [0.29, 0.717) is 11.6 Å². The predicted octanol–water partition coefficient (Wildman–Crippen LogP) is 2.65. The highest BCUT2D eigenvalue weighted by Gasteiger charge is 2.22. The molecule has 3 rings (SSSR count). The summed E-state index contributed by atoms with van der Waals surface area (Å²) in [4.78, 5) is 17.3. The Kier molecular flexibility index (Phi) is 5.54. The summed E-state index contributed by atoms with van der Waals surface area (Å²) < 4.78 is 65.4. The van der Waals surface area contributed by atoms with E-state index in [2.05, 4.69) is 9.83 Å². The van der Waals surface area contributed by atoms with Crippen LogP contribution in [0.15, 0.2) is 69.4 Å². The molecule has 156 valence electrons. The van der Waals surface area contributed by atoms with Gasteiger partial charge in [0.2, 0.25) is 0 Å². The fraction of sp³-hybridized carbons (Fsp3) is 0. The fourth-order valence-electron chi connectivity index (χ4n) is 2.65. The maximum Gasteiger partial charge on any atom is 0.299 e. The molecule has 0 atom stereocenters. The second kappa shape index (κ2) is 7.79. The smallest absolute Gasteiger partial charge is 0.282 e. The lowest BCUT2D eigenvalue weighted by molar-refractivity contribution is -0.711. The summed E-state index contributed by atoms with van der Waals surface area (Å²) in [5, 5.41) is 9.40. The van der Waals surface area contributed by atoms with Crippen molar-refractivity contribution in [2.24, 2.45) is 4.99 Å². The van der Waals surface area contributed by atoms with Crippen molar-refractivity contribution in [1.29, 1.82) is 0 Å². The van der Waals surface area contributed by atoms with Crippen LogP contribution in [0, 0.1) is 10.1 Å². The molecule has 0 aromatic heterocycles. The first-order valence-corrected chi connectivity index (χ1v) is 10.8. The largest absolute Gasteiger partial charge is 0.299 e. The van der Waals surface area contributed by atoms with Gasteiger partial charge < -0.3 is 0 Å². The van der Waals surface area contributed by atoms with Gasteiger partial charge in [0, 0.05) is 11.6 Å². The molecule has 0 saturated heterocycles. The molecule has 3 aromatic rings. The predicted molar refractivity (Wildman–Crippen MR) is 105 cm³/mol. The summed E-state index contributed by atoms with van der Waals surface area (Å²) in [5.41, 5.74) is 0.582. The van der Waals surface area contributed by atoms with Crippen LogP contribution in [-0.4, -0.2) is 37.2 Å². The Bertz CT molecular complexity index is 1380. The molecule has 2 N–H and O–H groups in total. The van der Waals surface area contributed by atoms with Crippen LogP contribution in [0.3, 0.4) is 0 Å². The molecule has 11 nitrogen and oxygen atoms in total. The Morgan fingerprint density at radius 1 is 0.967 bits per heavy atom. The van der Waals surface area contributed by atoms with E-state index in [9.17, 15) is 36.1 Å². The van der Waals surface area contributed by atoms with Crippen molar-refractivity contribution in [3.63, 3.8) is 0 Å². The molecule has 0 aliphatic rings. The first kappa shape index (κ1) is 21.3. The van der Waals surface area contributed by atoms with Crippen molar-refractivity contribution < 1.29 is 35.9 Å². The van der Waals surface area contributed by atoms with Crippen molar-refractivity contribution in [2.45, 2.75) is 9.79 Å². The molecule has 0 heterocycles. The highest BCUT2D eigenvalue weighted by Crippen LogP contribution is 2.34. The summed E-state index contributed by atoms with van der Waals surface area (Å²) >= 11 is 0. The first-order valence-electron chi connectivity index (χ1n) is 7.93. The third kappa shape index (κ3) is 4.77. The van der Waals surface area contributed by atoms with Gasteiger partial charge in [-0.15, -0.1) is 10.1 Å². The van der Waals surface area contributed by atoms with E-state index >= 15 is 0 Å². The number of rotatable bonds is 6. The lowest BCUT2D eigenvalue weighted by Crippen LogP contribution is -2.04. The van der Waals surface area contributed by atoms with Crippen LogP contribution in [0.4, 0.5) is 5.69 Å². The molecular formula is C17H12N2O9S2. The Morgan fingerprint density at radius 3 is 2.20 bits per heavy atom. The number of aliphatic imine (C=N–C) groups is 1. The molecule has 0 aliphatic carbocycles. The van der Waals surface area contributed by atoms with E-state index in [1.165, 1.54) is 48.7 Å². The van der Waals surface area contributed by atoms with Gasteiger partial charge in [0.25, 0.3) is 25.3 Å². The number of hydrogen-bond donors (Lipinski definition) is 2. The Morgan fingerprint density at radius 2 is 1.63 bits per heavy atom. The topological polar surface area (TPSA) is 173 Å². The van der Waals surface area contributed by atoms with Crippen LogP contribution in [-0.2, 0) is 20.2 Å². The van der Waals surface area contributed by atoms with E-state index in [4.69, 9.17) is 0 Å². The SMILES string of the molecule is O=[N+]([O-])Oc1ccc(C=Nc2cccc3cc(S(=O)(=O)O)cc(S(=O)(=O)O)c23)cc1. The summed E-state index contributed by atoms with van der Waals surface area (Å²) in [6, 6.07) is 11.6. The van der Waals surface area contributed by atoms with Gasteiger partial charge in [-0.05, 0) is 41.3 Å². The minimum atomic E-state index is -4.86. The maximum atomic E-state index is 11.8. The summed E-state index contributed by atoms with van der Waals surface area (Å²) in [5.74, 6) is -0.00582. The third-order valence-corrected chi connectivity index (χ3v) is 5.59. The summed E-state index contributed by atoms with van der Waals surface area (Å²) in [7, 11) is -9.60. The maximum absolute atomic E-state index is 11.8. The first-order chi connectivity index (χ1) is 13.9. The third-order valence-electron chi connectivity index (χ3n) is 3.88.